The van der Waals surface area contributed by atoms with Crippen LogP contribution in [0.3, 0.4) is 0 Å². The quantitative estimate of drug-likeness (QED) is 0.679. The second kappa shape index (κ2) is 6.37. The van der Waals surface area contributed by atoms with Crippen LogP contribution in [0.4, 0.5) is 0 Å². The van der Waals surface area contributed by atoms with Crippen molar-refractivity contribution in [3.63, 3.8) is 0 Å². The van der Waals surface area contributed by atoms with Crippen molar-refractivity contribution in [2.45, 2.75) is 71.1 Å². The summed E-state index contributed by atoms with van der Waals surface area (Å²) in [6.45, 7) is 2.30. The molecule has 1 heteroatoms. The smallest absolute Gasteiger partial charge is 0.161 e. The highest BCUT2D eigenvalue weighted by Gasteiger charge is 2.26. The fraction of sp³-hybridized carbons (Fsp3) is 0.812. The van der Waals surface area contributed by atoms with Gasteiger partial charge in [-0.05, 0) is 50.0 Å². The minimum Gasteiger partial charge on any atom is -0.294 e. The molecule has 1 fully saturated rings. The summed E-state index contributed by atoms with van der Waals surface area (Å²) in [5.41, 5.74) is 1.17. The van der Waals surface area contributed by atoms with Gasteiger partial charge in [0.25, 0.3) is 0 Å². The van der Waals surface area contributed by atoms with Crippen LogP contribution < -0.4 is 0 Å². The molecule has 0 amide bonds. The van der Waals surface area contributed by atoms with Gasteiger partial charge in [-0.1, -0.05) is 38.7 Å². The van der Waals surface area contributed by atoms with Gasteiger partial charge in [0.05, 0.1) is 0 Å². The summed E-state index contributed by atoms with van der Waals surface area (Å²) >= 11 is 0. The average molecular weight is 234 g/mol. The topological polar surface area (TPSA) is 17.1 Å². The molecule has 2 atom stereocenters. The molecular weight excluding hydrogens is 208 g/mol. The molecule has 0 aromatic rings. The zero-order valence-electron chi connectivity index (χ0n) is 11.2. The molecule has 0 aliphatic heterocycles. The summed E-state index contributed by atoms with van der Waals surface area (Å²) in [5.74, 6) is 1.61. The molecule has 0 spiro atoms. The van der Waals surface area contributed by atoms with Crippen LogP contribution in [-0.4, -0.2) is 5.78 Å². The fourth-order valence-electron chi connectivity index (χ4n) is 3.35. The Morgan fingerprint density at radius 3 is 2.76 bits per heavy atom. The van der Waals surface area contributed by atoms with Crippen LogP contribution >= 0.6 is 0 Å². The van der Waals surface area contributed by atoms with Crippen molar-refractivity contribution < 1.29 is 4.79 Å². The Bertz CT molecular complexity index is 290. The molecule has 0 heterocycles. The fourth-order valence-corrected chi connectivity index (χ4v) is 3.35. The van der Waals surface area contributed by atoms with Crippen LogP contribution in [0.15, 0.2) is 11.6 Å². The van der Waals surface area contributed by atoms with Gasteiger partial charge in [-0.3, -0.25) is 4.79 Å². The Kier molecular flexibility index (Phi) is 4.82. The predicted octanol–water partition coefficient (Wildman–Crippen LogP) is 4.66. The van der Waals surface area contributed by atoms with Crippen molar-refractivity contribution in [2.75, 3.05) is 0 Å². The van der Waals surface area contributed by atoms with Crippen LogP contribution in [0.1, 0.15) is 71.1 Å². The molecule has 96 valence electrons. The average Bonchev–Trinajstić information content (AvgIpc) is 2.28. The van der Waals surface area contributed by atoms with Gasteiger partial charge in [0.1, 0.15) is 0 Å². The van der Waals surface area contributed by atoms with Gasteiger partial charge >= 0.3 is 0 Å². The van der Waals surface area contributed by atoms with Crippen molar-refractivity contribution in [3.8, 4) is 0 Å². The van der Waals surface area contributed by atoms with Gasteiger partial charge in [0.2, 0.25) is 0 Å². The van der Waals surface area contributed by atoms with E-state index in [0.717, 1.165) is 31.6 Å². The van der Waals surface area contributed by atoms with E-state index in [1.54, 1.807) is 0 Å². The molecule has 0 aromatic carbocycles. The molecule has 1 saturated carbocycles. The number of carbonyl (C=O) groups excluding carboxylic acids is 1. The van der Waals surface area contributed by atoms with Crippen molar-refractivity contribution in [3.05, 3.63) is 11.6 Å². The lowest BCUT2D eigenvalue weighted by molar-refractivity contribution is -0.120. The third-order valence-electron chi connectivity index (χ3n) is 4.41. The zero-order chi connectivity index (χ0) is 12.1. The first-order valence-corrected chi connectivity index (χ1v) is 7.50. The van der Waals surface area contributed by atoms with E-state index in [1.807, 2.05) is 0 Å². The molecule has 0 aromatic heterocycles. The maximum Gasteiger partial charge on any atom is 0.161 e. The van der Waals surface area contributed by atoms with Crippen LogP contribution in [0.25, 0.3) is 0 Å². The molecule has 0 radical (unpaired) electrons. The maximum absolute atomic E-state index is 12.5. The summed E-state index contributed by atoms with van der Waals surface area (Å²) < 4.78 is 0. The van der Waals surface area contributed by atoms with E-state index in [2.05, 4.69) is 13.0 Å². The third-order valence-corrected chi connectivity index (χ3v) is 4.41. The largest absolute Gasteiger partial charge is 0.294 e. The first-order valence-electron chi connectivity index (χ1n) is 7.50. The maximum atomic E-state index is 12.5. The SMILES string of the molecule is CC1CCCC(C(=O)C2=CCCCCCC2)C1. The molecule has 2 unspecified atom stereocenters. The molecule has 0 bridgehead atoms. The number of carbonyl (C=O) groups is 1. The molecule has 2 rings (SSSR count). The van der Waals surface area contributed by atoms with Crippen molar-refractivity contribution in [2.24, 2.45) is 11.8 Å². The lowest BCUT2D eigenvalue weighted by Crippen LogP contribution is -2.23. The minimum absolute atomic E-state index is 0.351. The molecule has 2 aliphatic carbocycles. The van der Waals surface area contributed by atoms with Gasteiger partial charge in [-0.15, -0.1) is 0 Å². The van der Waals surface area contributed by atoms with Crippen molar-refractivity contribution >= 4 is 5.78 Å². The van der Waals surface area contributed by atoms with Crippen LogP contribution in [0, 0.1) is 11.8 Å². The number of ketones is 1. The van der Waals surface area contributed by atoms with Gasteiger partial charge in [0.15, 0.2) is 5.78 Å². The monoisotopic (exact) mass is 234 g/mol. The Morgan fingerprint density at radius 2 is 1.94 bits per heavy atom. The Balaban J connectivity index is 1.97. The molecule has 17 heavy (non-hydrogen) atoms. The summed E-state index contributed by atoms with van der Waals surface area (Å²) in [4.78, 5) is 12.5. The Morgan fingerprint density at radius 1 is 1.12 bits per heavy atom. The number of allylic oxidation sites excluding steroid dienone is 2. The van der Waals surface area contributed by atoms with Crippen LogP contribution in [0.2, 0.25) is 0 Å². The number of Topliss-reactive ketones (excluding diaryl/α,β-unsaturated/α-hetero) is 1. The Labute approximate surface area is 106 Å². The third kappa shape index (κ3) is 3.69. The zero-order valence-corrected chi connectivity index (χ0v) is 11.2. The van der Waals surface area contributed by atoms with Gasteiger partial charge < -0.3 is 0 Å². The van der Waals surface area contributed by atoms with Gasteiger partial charge in [-0.25, -0.2) is 0 Å². The first kappa shape index (κ1) is 12.9. The second-order valence-corrected chi connectivity index (χ2v) is 6.02. The molecular formula is C16H26O. The van der Waals surface area contributed by atoms with Crippen molar-refractivity contribution in [1.29, 1.82) is 0 Å². The minimum atomic E-state index is 0.351. The summed E-state index contributed by atoms with van der Waals surface area (Å²) in [7, 11) is 0. The Hall–Kier alpha value is -0.590. The highest BCUT2D eigenvalue weighted by molar-refractivity contribution is 5.97. The van der Waals surface area contributed by atoms with Gasteiger partial charge in [-0.2, -0.15) is 0 Å². The number of hydrogen-bond acceptors (Lipinski definition) is 1. The lowest BCUT2D eigenvalue weighted by Gasteiger charge is -2.26. The number of rotatable bonds is 2. The van der Waals surface area contributed by atoms with Crippen LogP contribution in [0.5, 0.6) is 0 Å². The summed E-state index contributed by atoms with van der Waals surface area (Å²) in [6, 6.07) is 0. The van der Waals surface area contributed by atoms with E-state index in [1.165, 1.54) is 44.1 Å². The second-order valence-electron chi connectivity index (χ2n) is 6.02. The van der Waals surface area contributed by atoms with E-state index >= 15 is 0 Å². The van der Waals surface area contributed by atoms with Gasteiger partial charge in [0, 0.05) is 5.92 Å². The highest BCUT2D eigenvalue weighted by atomic mass is 16.1. The first-order chi connectivity index (χ1) is 8.27. The molecule has 0 saturated heterocycles. The normalized spacial score (nSPS) is 31.2. The van der Waals surface area contributed by atoms with E-state index in [0.29, 0.717) is 11.7 Å². The predicted molar refractivity (Wildman–Crippen MR) is 71.9 cm³/mol. The summed E-state index contributed by atoms with van der Waals surface area (Å²) in [5, 5.41) is 0. The molecule has 0 N–H and O–H groups in total. The standard InChI is InChI=1S/C16H26O/c1-13-8-7-11-15(12-13)16(17)14-9-5-3-2-4-6-10-14/h9,13,15H,2-8,10-12H2,1H3. The number of hydrogen-bond donors (Lipinski definition) is 0. The van der Waals surface area contributed by atoms with E-state index < -0.39 is 0 Å². The molecule has 2 aliphatic rings. The van der Waals surface area contributed by atoms with E-state index in [4.69, 9.17) is 0 Å². The van der Waals surface area contributed by atoms with Crippen LogP contribution in [-0.2, 0) is 4.79 Å². The molecule has 1 nitrogen and oxygen atoms in total. The highest BCUT2D eigenvalue weighted by Crippen LogP contribution is 2.32. The summed E-state index contributed by atoms with van der Waals surface area (Å²) in [6.07, 6.45) is 14.4. The van der Waals surface area contributed by atoms with Crippen molar-refractivity contribution in [1.82, 2.24) is 0 Å². The van der Waals surface area contributed by atoms with E-state index in [9.17, 15) is 4.79 Å². The van der Waals surface area contributed by atoms with E-state index in [-0.39, 0.29) is 0 Å². The lowest BCUT2D eigenvalue weighted by atomic mass is 9.77.